The molecule has 2 heterocycles. The molecular weight excluding hydrogens is 417 g/mol. The molecule has 0 radical (unpaired) electrons. The Hall–Kier alpha value is -3.51. The molecule has 0 aliphatic carbocycles. The van der Waals surface area contributed by atoms with Crippen LogP contribution in [0.15, 0.2) is 77.9 Å². The molecule has 1 amide bonds. The molecule has 0 fully saturated rings. The minimum atomic E-state index is -0.327. The van der Waals surface area contributed by atoms with Gasteiger partial charge in [-0.25, -0.2) is 9.40 Å². The lowest BCUT2D eigenvalue weighted by Crippen LogP contribution is -2.40. The predicted molar refractivity (Wildman–Crippen MR) is 126 cm³/mol. The van der Waals surface area contributed by atoms with Crippen molar-refractivity contribution in [2.75, 3.05) is 20.2 Å². The Bertz CT molecular complexity index is 1190. The van der Waals surface area contributed by atoms with E-state index in [0.29, 0.717) is 17.7 Å². The fraction of sp³-hybridized carbons (Fsp3) is 0.259. The summed E-state index contributed by atoms with van der Waals surface area (Å²) in [4.78, 5) is 15.6. The van der Waals surface area contributed by atoms with E-state index >= 15 is 0 Å². The van der Waals surface area contributed by atoms with E-state index in [0.717, 1.165) is 30.8 Å². The molecule has 3 aromatic carbocycles. The Balaban J connectivity index is 1.40. The van der Waals surface area contributed by atoms with Crippen molar-refractivity contribution in [2.45, 2.75) is 25.4 Å². The highest BCUT2D eigenvalue weighted by Gasteiger charge is 2.34. The lowest BCUT2D eigenvalue weighted by molar-refractivity contribution is -0.134. The average Bonchev–Trinajstić information content (AvgIpc) is 3.30. The van der Waals surface area contributed by atoms with Crippen LogP contribution in [-0.2, 0) is 17.8 Å². The summed E-state index contributed by atoms with van der Waals surface area (Å²) >= 11 is 0. The van der Waals surface area contributed by atoms with Crippen molar-refractivity contribution < 1.29 is 13.9 Å². The number of rotatable bonds is 5. The first kappa shape index (κ1) is 21.3. The molecule has 33 heavy (non-hydrogen) atoms. The average molecular weight is 444 g/mol. The number of hydrogen-bond donors (Lipinski definition) is 0. The summed E-state index contributed by atoms with van der Waals surface area (Å²) in [5.74, 6) is 0.338. The van der Waals surface area contributed by atoms with Crippen LogP contribution in [-0.4, -0.2) is 41.7 Å². The van der Waals surface area contributed by atoms with Crippen LogP contribution in [0.4, 0.5) is 4.39 Å². The van der Waals surface area contributed by atoms with Crippen molar-refractivity contribution in [3.05, 3.63) is 101 Å². The Labute approximate surface area is 193 Å². The quantitative estimate of drug-likeness (QED) is 0.580. The molecule has 0 bridgehead atoms. The van der Waals surface area contributed by atoms with Crippen molar-refractivity contribution >= 4 is 11.6 Å². The third-order valence-corrected chi connectivity index (χ3v) is 6.42. The van der Waals surface area contributed by atoms with E-state index in [1.807, 2.05) is 30.3 Å². The molecule has 2 aliphatic rings. The summed E-state index contributed by atoms with van der Waals surface area (Å²) in [6.45, 7) is 1.84. The number of amides is 1. The second-order valence-electron chi connectivity index (χ2n) is 8.49. The van der Waals surface area contributed by atoms with Crippen LogP contribution < -0.4 is 4.74 Å². The molecule has 0 saturated heterocycles. The molecule has 5 nitrogen and oxygen atoms in total. The van der Waals surface area contributed by atoms with Gasteiger partial charge in [-0.3, -0.25) is 9.69 Å². The van der Waals surface area contributed by atoms with E-state index in [-0.39, 0.29) is 24.3 Å². The van der Waals surface area contributed by atoms with E-state index in [1.165, 1.54) is 17.2 Å². The molecule has 0 aromatic heterocycles. The van der Waals surface area contributed by atoms with E-state index in [2.05, 4.69) is 28.2 Å². The predicted octanol–water partition coefficient (Wildman–Crippen LogP) is 4.57. The van der Waals surface area contributed by atoms with Crippen LogP contribution in [0.2, 0.25) is 0 Å². The van der Waals surface area contributed by atoms with Gasteiger partial charge in [-0.2, -0.15) is 5.10 Å². The van der Waals surface area contributed by atoms with Gasteiger partial charge in [0.25, 0.3) is 5.91 Å². The van der Waals surface area contributed by atoms with Crippen molar-refractivity contribution in [3.63, 3.8) is 0 Å². The fourth-order valence-corrected chi connectivity index (χ4v) is 4.64. The van der Waals surface area contributed by atoms with Crippen LogP contribution in [0.25, 0.3) is 0 Å². The van der Waals surface area contributed by atoms with Crippen LogP contribution in [0.3, 0.4) is 0 Å². The molecule has 0 saturated carbocycles. The molecule has 2 aliphatic heterocycles. The maximum Gasteiger partial charge on any atom is 0.257 e. The maximum absolute atomic E-state index is 14.5. The highest BCUT2D eigenvalue weighted by atomic mass is 19.1. The molecule has 0 N–H and O–H groups in total. The Morgan fingerprint density at radius 1 is 1.03 bits per heavy atom. The second kappa shape index (κ2) is 9.16. The van der Waals surface area contributed by atoms with Crippen molar-refractivity contribution in [2.24, 2.45) is 5.10 Å². The summed E-state index contributed by atoms with van der Waals surface area (Å²) in [7, 11) is 1.62. The first-order valence-corrected chi connectivity index (χ1v) is 11.2. The number of carbonyl (C=O) groups excluding carboxylic acids is 1. The van der Waals surface area contributed by atoms with Gasteiger partial charge >= 0.3 is 0 Å². The summed E-state index contributed by atoms with van der Waals surface area (Å²) in [5.41, 5.74) is 4.59. The number of hydrogen-bond acceptors (Lipinski definition) is 4. The molecule has 1 atom stereocenters. The van der Waals surface area contributed by atoms with Crippen molar-refractivity contribution in [1.82, 2.24) is 9.91 Å². The first-order valence-electron chi connectivity index (χ1n) is 11.2. The van der Waals surface area contributed by atoms with Gasteiger partial charge in [0.05, 0.1) is 25.4 Å². The number of methoxy groups -OCH3 is 1. The summed E-state index contributed by atoms with van der Waals surface area (Å²) < 4.78 is 19.8. The molecule has 3 aromatic rings. The normalized spacial score (nSPS) is 18.1. The molecule has 168 valence electrons. The maximum atomic E-state index is 14.5. The SMILES string of the molecule is COc1ccc([C@@H]2CC(c3ccccc3F)=NN2C(=O)CN2CCc3ccccc3C2)cc1. The zero-order valence-electron chi connectivity index (χ0n) is 18.6. The number of ether oxygens (including phenoxy) is 1. The molecule has 0 unspecified atom stereocenters. The lowest BCUT2D eigenvalue weighted by atomic mass is 9.98. The van der Waals surface area contributed by atoms with Gasteiger partial charge in [0, 0.05) is 25.1 Å². The van der Waals surface area contributed by atoms with Gasteiger partial charge in [0.2, 0.25) is 0 Å². The van der Waals surface area contributed by atoms with Gasteiger partial charge in [0.1, 0.15) is 11.6 Å². The van der Waals surface area contributed by atoms with Crippen LogP contribution in [0.1, 0.15) is 34.7 Å². The second-order valence-corrected chi connectivity index (χ2v) is 8.49. The van der Waals surface area contributed by atoms with Gasteiger partial charge < -0.3 is 4.74 Å². The highest BCUT2D eigenvalue weighted by Crippen LogP contribution is 2.34. The van der Waals surface area contributed by atoms with E-state index < -0.39 is 0 Å². The molecule has 0 spiro atoms. The van der Waals surface area contributed by atoms with E-state index in [9.17, 15) is 9.18 Å². The topological polar surface area (TPSA) is 45.1 Å². The largest absolute Gasteiger partial charge is 0.497 e. The van der Waals surface area contributed by atoms with Crippen LogP contribution >= 0.6 is 0 Å². The number of fused-ring (bicyclic) bond motifs is 1. The van der Waals surface area contributed by atoms with E-state index in [4.69, 9.17) is 4.74 Å². The smallest absolute Gasteiger partial charge is 0.257 e. The number of carbonyl (C=O) groups is 1. The standard InChI is InChI=1S/C27H26FN3O2/c1-33-22-12-10-20(11-13-22)26-16-25(23-8-4-5-9-24(23)28)29-31(26)27(32)18-30-15-14-19-6-2-3-7-21(19)17-30/h2-13,26H,14-18H2,1H3/t26-/m0/s1. The van der Waals surface area contributed by atoms with Gasteiger partial charge in [-0.1, -0.05) is 54.6 Å². The zero-order chi connectivity index (χ0) is 22.8. The van der Waals surface area contributed by atoms with Crippen LogP contribution in [0, 0.1) is 5.82 Å². The Kier molecular flexibility index (Phi) is 5.92. The molecule has 6 heteroatoms. The summed E-state index contributed by atoms with van der Waals surface area (Å²) in [5, 5.41) is 6.18. The molecular formula is C27H26FN3O2. The fourth-order valence-electron chi connectivity index (χ4n) is 4.64. The van der Waals surface area contributed by atoms with E-state index in [1.54, 1.807) is 30.3 Å². The third kappa shape index (κ3) is 4.39. The number of nitrogens with zero attached hydrogens (tertiary/aromatic N) is 3. The lowest BCUT2D eigenvalue weighted by Gasteiger charge is -2.30. The third-order valence-electron chi connectivity index (χ3n) is 6.42. The first-order chi connectivity index (χ1) is 16.1. The van der Waals surface area contributed by atoms with Crippen molar-refractivity contribution in [1.29, 1.82) is 0 Å². The van der Waals surface area contributed by atoms with Gasteiger partial charge in [-0.15, -0.1) is 0 Å². The number of benzene rings is 3. The summed E-state index contributed by atoms with van der Waals surface area (Å²) in [6, 6.07) is 22.3. The number of hydrazone groups is 1. The van der Waals surface area contributed by atoms with Gasteiger partial charge in [0.15, 0.2) is 0 Å². The highest BCUT2D eigenvalue weighted by molar-refractivity contribution is 6.03. The van der Waals surface area contributed by atoms with Gasteiger partial charge in [-0.05, 0) is 41.3 Å². The minimum Gasteiger partial charge on any atom is -0.497 e. The zero-order valence-corrected chi connectivity index (χ0v) is 18.6. The van der Waals surface area contributed by atoms with Crippen LogP contribution in [0.5, 0.6) is 5.75 Å². The molecule has 5 rings (SSSR count). The van der Waals surface area contributed by atoms with Crippen molar-refractivity contribution in [3.8, 4) is 5.75 Å². The summed E-state index contributed by atoms with van der Waals surface area (Å²) in [6.07, 6.45) is 1.39. The minimum absolute atomic E-state index is 0.0819. The monoisotopic (exact) mass is 443 g/mol. The Morgan fingerprint density at radius 2 is 1.76 bits per heavy atom. The number of halogens is 1. The Morgan fingerprint density at radius 3 is 2.52 bits per heavy atom.